The summed E-state index contributed by atoms with van der Waals surface area (Å²) >= 11 is 12.0. The maximum absolute atomic E-state index is 12.3. The molecule has 114 valence electrons. The number of anilines is 1. The maximum Gasteiger partial charge on any atom is 0.335 e. The topological polar surface area (TPSA) is 92.4 Å². The molecule has 0 spiro atoms. The molecule has 2 rings (SSSR count). The van der Waals surface area contributed by atoms with Gasteiger partial charge in [-0.15, -0.1) is 0 Å². The molecule has 0 bridgehead atoms. The Hall–Kier alpha value is -1.30. The fraction of sp³-hybridized carbons (Fsp3) is 0.429. The number of nitrogens with two attached hydrogens (primary N) is 1. The van der Waals surface area contributed by atoms with Gasteiger partial charge in [-0.05, 0) is 25.0 Å². The molecule has 1 fully saturated rings. The Labute approximate surface area is 132 Å². The molecule has 5 nitrogen and oxygen atoms in total. The number of amides is 1. The summed E-state index contributed by atoms with van der Waals surface area (Å²) in [5.41, 5.74) is 5.38. The van der Waals surface area contributed by atoms with Crippen LogP contribution in [0.1, 0.15) is 42.5 Å². The normalized spacial score (nSPS) is 17.3. The zero-order valence-electron chi connectivity index (χ0n) is 11.3. The average Bonchev–Trinajstić information content (AvgIpc) is 2.43. The third-order valence-corrected chi connectivity index (χ3v) is 4.32. The lowest BCUT2D eigenvalue weighted by Crippen LogP contribution is -2.52. The Bertz CT molecular complexity index is 561. The van der Waals surface area contributed by atoms with E-state index in [1.165, 1.54) is 12.1 Å². The molecule has 21 heavy (non-hydrogen) atoms. The average molecular weight is 331 g/mol. The summed E-state index contributed by atoms with van der Waals surface area (Å²) in [6, 6.07) is 2.49. The van der Waals surface area contributed by atoms with Gasteiger partial charge >= 0.3 is 5.97 Å². The van der Waals surface area contributed by atoms with Crippen LogP contribution in [-0.2, 0) is 4.79 Å². The van der Waals surface area contributed by atoms with Crippen molar-refractivity contribution in [1.82, 2.24) is 0 Å². The van der Waals surface area contributed by atoms with Crippen LogP contribution in [0.15, 0.2) is 12.1 Å². The van der Waals surface area contributed by atoms with E-state index in [2.05, 4.69) is 5.32 Å². The lowest BCUT2D eigenvalue weighted by atomic mass is 9.82. The van der Waals surface area contributed by atoms with E-state index in [-0.39, 0.29) is 27.2 Å². The molecule has 1 aromatic rings. The molecule has 1 saturated carbocycles. The predicted molar refractivity (Wildman–Crippen MR) is 82.1 cm³/mol. The Morgan fingerprint density at radius 3 is 2.14 bits per heavy atom. The lowest BCUT2D eigenvalue weighted by Gasteiger charge is -2.32. The number of hydrogen-bond acceptors (Lipinski definition) is 3. The van der Waals surface area contributed by atoms with Crippen LogP contribution in [-0.4, -0.2) is 22.5 Å². The summed E-state index contributed by atoms with van der Waals surface area (Å²) in [5, 5.41) is 11.7. The number of carbonyl (C=O) groups excluding carboxylic acids is 1. The van der Waals surface area contributed by atoms with Gasteiger partial charge in [-0.1, -0.05) is 42.5 Å². The molecule has 0 aromatic heterocycles. The summed E-state index contributed by atoms with van der Waals surface area (Å²) in [5.74, 6) is -1.48. The first-order valence-corrected chi connectivity index (χ1v) is 7.42. The van der Waals surface area contributed by atoms with Gasteiger partial charge in [0.15, 0.2) is 0 Å². The van der Waals surface area contributed by atoms with Crippen molar-refractivity contribution in [3.63, 3.8) is 0 Å². The summed E-state index contributed by atoms with van der Waals surface area (Å²) in [6.45, 7) is 0. The molecular formula is C14H16Cl2N2O3. The molecule has 0 radical (unpaired) electrons. The highest BCUT2D eigenvalue weighted by Gasteiger charge is 2.35. The van der Waals surface area contributed by atoms with Gasteiger partial charge in [-0.3, -0.25) is 4.79 Å². The number of nitrogens with one attached hydrogen (secondary N) is 1. The molecule has 0 unspecified atom stereocenters. The van der Waals surface area contributed by atoms with Crippen LogP contribution < -0.4 is 11.1 Å². The van der Waals surface area contributed by atoms with Crippen LogP contribution in [0.2, 0.25) is 10.0 Å². The van der Waals surface area contributed by atoms with Crippen molar-refractivity contribution in [3.05, 3.63) is 27.7 Å². The molecule has 1 aliphatic carbocycles. The minimum atomic E-state index is -1.14. The number of hydrogen-bond donors (Lipinski definition) is 3. The number of carboxylic acid groups (broad SMARTS) is 1. The van der Waals surface area contributed by atoms with Gasteiger partial charge in [-0.25, -0.2) is 4.79 Å². The van der Waals surface area contributed by atoms with Gasteiger partial charge in [0.25, 0.3) is 0 Å². The lowest BCUT2D eigenvalue weighted by molar-refractivity contribution is -0.122. The molecule has 0 aliphatic heterocycles. The molecule has 1 aliphatic rings. The first kappa shape index (κ1) is 16.1. The number of carboxylic acids is 1. The van der Waals surface area contributed by atoms with E-state index in [0.717, 1.165) is 19.3 Å². The van der Waals surface area contributed by atoms with Crippen LogP contribution in [0.25, 0.3) is 0 Å². The minimum Gasteiger partial charge on any atom is -0.478 e. The van der Waals surface area contributed by atoms with Gasteiger partial charge in [0, 0.05) is 0 Å². The van der Waals surface area contributed by atoms with Crippen molar-refractivity contribution in [3.8, 4) is 0 Å². The van der Waals surface area contributed by atoms with Crippen molar-refractivity contribution >= 4 is 40.8 Å². The molecule has 0 saturated heterocycles. The Morgan fingerprint density at radius 2 is 1.67 bits per heavy atom. The van der Waals surface area contributed by atoms with E-state index in [4.69, 9.17) is 34.0 Å². The smallest absolute Gasteiger partial charge is 0.335 e. The van der Waals surface area contributed by atoms with Crippen molar-refractivity contribution in [2.75, 3.05) is 5.32 Å². The zero-order chi connectivity index (χ0) is 15.6. The van der Waals surface area contributed by atoms with E-state index < -0.39 is 11.5 Å². The number of aromatic carboxylic acids is 1. The standard InChI is InChI=1S/C14H16Cl2N2O3/c15-9-6-8(12(19)20)7-10(16)11(9)18-13(21)14(17)4-2-1-3-5-14/h6-7H,1-5,17H2,(H,18,21)(H,19,20). The second-order valence-corrected chi connectivity index (χ2v) is 6.11. The van der Waals surface area contributed by atoms with Crippen LogP contribution >= 0.6 is 23.2 Å². The van der Waals surface area contributed by atoms with Gasteiger partial charge in [0.1, 0.15) is 0 Å². The zero-order valence-corrected chi connectivity index (χ0v) is 12.8. The van der Waals surface area contributed by atoms with Crippen molar-refractivity contribution < 1.29 is 14.7 Å². The third kappa shape index (κ3) is 3.48. The first-order valence-electron chi connectivity index (χ1n) is 6.66. The molecule has 1 amide bonds. The summed E-state index contributed by atoms with van der Waals surface area (Å²) in [6.07, 6.45) is 4.11. The first-order chi connectivity index (χ1) is 9.83. The van der Waals surface area contributed by atoms with E-state index in [9.17, 15) is 9.59 Å². The highest BCUT2D eigenvalue weighted by molar-refractivity contribution is 6.40. The second kappa shape index (κ2) is 6.22. The SMILES string of the molecule is NC1(C(=O)Nc2c(Cl)cc(C(=O)O)cc2Cl)CCCCC1. The highest BCUT2D eigenvalue weighted by atomic mass is 35.5. The Balaban J connectivity index is 2.23. The van der Waals surface area contributed by atoms with Crippen LogP contribution in [0.4, 0.5) is 5.69 Å². The molecule has 0 heterocycles. The molecule has 7 heteroatoms. The summed E-state index contributed by atoms with van der Waals surface area (Å²) < 4.78 is 0. The van der Waals surface area contributed by atoms with E-state index >= 15 is 0 Å². The Morgan fingerprint density at radius 1 is 1.14 bits per heavy atom. The second-order valence-electron chi connectivity index (χ2n) is 5.29. The molecule has 1 aromatic carbocycles. The minimum absolute atomic E-state index is 0.0388. The predicted octanol–water partition coefficient (Wildman–Crippen LogP) is 3.29. The molecule has 0 atom stereocenters. The van der Waals surface area contributed by atoms with E-state index in [0.29, 0.717) is 12.8 Å². The van der Waals surface area contributed by atoms with Gasteiger partial charge in [0.05, 0.1) is 26.8 Å². The van der Waals surface area contributed by atoms with Gasteiger partial charge < -0.3 is 16.2 Å². The summed E-state index contributed by atoms with van der Waals surface area (Å²) in [7, 11) is 0. The quantitative estimate of drug-likeness (QED) is 0.792. The third-order valence-electron chi connectivity index (χ3n) is 3.73. The monoisotopic (exact) mass is 330 g/mol. The van der Waals surface area contributed by atoms with Gasteiger partial charge in [0.2, 0.25) is 5.91 Å². The van der Waals surface area contributed by atoms with Crippen LogP contribution in [0, 0.1) is 0 Å². The molecular weight excluding hydrogens is 315 g/mol. The van der Waals surface area contributed by atoms with E-state index in [1.807, 2.05) is 0 Å². The summed E-state index contributed by atoms with van der Waals surface area (Å²) in [4.78, 5) is 23.3. The largest absolute Gasteiger partial charge is 0.478 e. The maximum atomic E-state index is 12.3. The van der Waals surface area contributed by atoms with Crippen molar-refractivity contribution in [2.24, 2.45) is 5.73 Å². The molecule has 4 N–H and O–H groups in total. The Kier molecular flexibility index (Phi) is 4.76. The van der Waals surface area contributed by atoms with Crippen LogP contribution in [0.3, 0.4) is 0 Å². The van der Waals surface area contributed by atoms with E-state index in [1.54, 1.807) is 0 Å². The fourth-order valence-electron chi connectivity index (χ4n) is 2.46. The number of carbonyl (C=O) groups is 2. The van der Waals surface area contributed by atoms with Crippen molar-refractivity contribution in [2.45, 2.75) is 37.6 Å². The van der Waals surface area contributed by atoms with Crippen molar-refractivity contribution in [1.29, 1.82) is 0 Å². The van der Waals surface area contributed by atoms with Crippen LogP contribution in [0.5, 0.6) is 0 Å². The fourth-order valence-corrected chi connectivity index (χ4v) is 3.05. The number of rotatable bonds is 3. The highest BCUT2D eigenvalue weighted by Crippen LogP contribution is 2.34. The van der Waals surface area contributed by atoms with Gasteiger partial charge in [-0.2, -0.15) is 0 Å². The number of halogens is 2. The number of benzene rings is 1.